The van der Waals surface area contributed by atoms with Gasteiger partial charge in [0.05, 0.1) is 11.5 Å². The van der Waals surface area contributed by atoms with E-state index in [9.17, 15) is 14.9 Å². The van der Waals surface area contributed by atoms with Crippen LogP contribution < -0.4 is 10.6 Å². The van der Waals surface area contributed by atoms with E-state index in [0.717, 1.165) is 0 Å². The van der Waals surface area contributed by atoms with E-state index in [4.69, 9.17) is 0 Å². The molecule has 0 atom stereocenters. The third kappa shape index (κ3) is 4.95. The molecule has 1 rings (SSSR count). The topological polar surface area (TPSA) is 84.3 Å². The third-order valence-corrected chi connectivity index (χ3v) is 2.36. The molecule has 1 amide bonds. The maximum absolute atomic E-state index is 11.6. The predicted molar refractivity (Wildman–Crippen MR) is 74.2 cm³/mol. The van der Waals surface area contributed by atoms with Crippen LogP contribution in [-0.4, -0.2) is 22.9 Å². The van der Waals surface area contributed by atoms with Crippen molar-refractivity contribution in [1.82, 2.24) is 5.32 Å². The van der Waals surface area contributed by atoms with Crippen LogP contribution in [0, 0.1) is 17.0 Å². The van der Waals surface area contributed by atoms with Gasteiger partial charge >= 0.3 is 0 Å². The van der Waals surface area contributed by atoms with Crippen molar-refractivity contribution in [2.45, 2.75) is 33.2 Å². The molecule has 1 aromatic carbocycles. The quantitative estimate of drug-likeness (QED) is 0.646. The lowest BCUT2D eigenvalue weighted by Gasteiger charge is -2.20. The molecule has 0 aliphatic heterocycles. The molecule has 0 unspecified atom stereocenters. The molecule has 0 heterocycles. The molecule has 0 bridgehead atoms. The average Bonchev–Trinajstić information content (AvgIpc) is 2.23. The van der Waals surface area contributed by atoms with E-state index in [-0.39, 0.29) is 23.7 Å². The van der Waals surface area contributed by atoms with Crippen LogP contribution in [0.5, 0.6) is 0 Å². The Hall–Kier alpha value is -2.11. The summed E-state index contributed by atoms with van der Waals surface area (Å²) >= 11 is 0. The second-order valence-electron chi connectivity index (χ2n) is 5.41. The summed E-state index contributed by atoms with van der Waals surface area (Å²) < 4.78 is 0. The highest BCUT2D eigenvalue weighted by atomic mass is 16.6. The molecular weight excluding hydrogens is 246 g/mol. The fourth-order valence-corrected chi connectivity index (χ4v) is 1.62. The van der Waals surface area contributed by atoms with Crippen LogP contribution in [-0.2, 0) is 4.79 Å². The number of aryl methyl sites for hydroxylation is 1. The number of nitro groups is 1. The summed E-state index contributed by atoms with van der Waals surface area (Å²) in [6.07, 6.45) is 0. The normalized spacial score (nSPS) is 10.9. The number of anilines is 1. The highest BCUT2D eigenvalue weighted by Crippen LogP contribution is 2.21. The van der Waals surface area contributed by atoms with E-state index >= 15 is 0 Å². The third-order valence-electron chi connectivity index (χ3n) is 2.36. The maximum atomic E-state index is 11.6. The maximum Gasteiger partial charge on any atom is 0.272 e. The number of rotatable bonds is 4. The minimum atomic E-state index is -0.425. The lowest BCUT2D eigenvalue weighted by atomic mass is 10.1. The van der Waals surface area contributed by atoms with Crippen molar-refractivity contribution in [1.29, 1.82) is 0 Å². The van der Waals surface area contributed by atoms with Crippen LogP contribution >= 0.6 is 0 Å². The van der Waals surface area contributed by atoms with Gasteiger partial charge in [0.2, 0.25) is 5.91 Å². The molecule has 19 heavy (non-hydrogen) atoms. The molecule has 6 heteroatoms. The number of benzene rings is 1. The van der Waals surface area contributed by atoms with E-state index in [0.29, 0.717) is 11.3 Å². The van der Waals surface area contributed by atoms with Crippen LogP contribution in [0.4, 0.5) is 11.4 Å². The first-order valence-corrected chi connectivity index (χ1v) is 5.99. The van der Waals surface area contributed by atoms with E-state index in [2.05, 4.69) is 10.6 Å². The molecule has 1 aromatic rings. The van der Waals surface area contributed by atoms with Crippen LogP contribution in [0.15, 0.2) is 18.2 Å². The van der Waals surface area contributed by atoms with Crippen molar-refractivity contribution in [3.63, 3.8) is 0 Å². The Balaban J connectivity index is 2.62. The predicted octanol–water partition coefficient (Wildman–Crippen LogP) is 2.23. The number of nitrogens with zero attached hydrogens (tertiary/aromatic N) is 1. The average molecular weight is 265 g/mol. The second-order valence-corrected chi connectivity index (χ2v) is 5.41. The molecule has 0 aromatic heterocycles. The number of carbonyl (C=O) groups is 1. The van der Waals surface area contributed by atoms with Crippen molar-refractivity contribution in [3.05, 3.63) is 33.9 Å². The Labute approximate surface area is 112 Å². The largest absolute Gasteiger partial charge is 0.376 e. The summed E-state index contributed by atoms with van der Waals surface area (Å²) in [5, 5.41) is 16.4. The summed E-state index contributed by atoms with van der Waals surface area (Å²) in [5.41, 5.74) is 1.05. The van der Waals surface area contributed by atoms with Gasteiger partial charge in [0.25, 0.3) is 5.69 Å². The fourth-order valence-electron chi connectivity index (χ4n) is 1.62. The van der Waals surface area contributed by atoms with Gasteiger partial charge in [-0.3, -0.25) is 14.9 Å². The van der Waals surface area contributed by atoms with Gasteiger partial charge in [0.15, 0.2) is 0 Å². The summed E-state index contributed by atoms with van der Waals surface area (Å²) in [6, 6.07) is 4.68. The highest BCUT2D eigenvalue weighted by molar-refractivity contribution is 5.81. The SMILES string of the molecule is Cc1cc(NCC(=O)NC(C)(C)C)ccc1[N+](=O)[O-]. The number of hydrogen-bond acceptors (Lipinski definition) is 4. The fraction of sp³-hybridized carbons (Fsp3) is 0.462. The number of carbonyl (C=O) groups excluding carboxylic acids is 1. The number of nitrogens with one attached hydrogen (secondary N) is 2. The van der Waals surface area contributed by atoms with Gasteiger partial charge in [-0.1, -0.05) is 0 Å². The van der Waals surface area contributed by atoms with Gasteiger partial charge in [-0.15, -0.1) is 0 Å². The molecule has 0 spiro atoms. The number of hydrogen-bond donors (Lipinski definition) is 2. The van der Waals surface area contributed by atoms with E-state index in [1.54, 1.807) is 19.1 Å². The summed E-state index contributed by atoms with van der Waals surface area (Å²) in [5.74, 6) is -0.122. The standard InChI is InChI=1S/C13H19N3O3/c1-9-7-10(5-6-11(9)16(18)19)14-8-12(17)15-13(2,3)4/h5-7,14H,8H2,1-4H3,(H,15,17). The van der Waals surface area contributed by atoms with Gasteiger partial charge in [-0.25, -0.2) is 0 Å². The van der Waals surface area contributed by atoms with Gasteiger partial charge in [-0.05, 0) is 39.8 Å². The summed E-state index contributed by atoms with van der Waals surface area (Å²) in [7, 11) is 0. The minimum absolute atomic E-state index is 0.0738. The van der Waals surface area contributed by atoms with Crippen molar-refractivity contribution in [2.24, 2.45) is 0 Å². The molecular formula is C13H19N3O3. The van der Waals surface area contributed by atoms with Crippen molar-refractivity contribution < 1.29 is 9.72 Å². The Morgan fingerprint density at radius 1 is 1.37 bits per heavy atom. The van der Waals surface area contributed by atoms with Gasteiger partial charge in [0.1, 0.15) is 0 Å². The van der Waals surface area contributed by atoms with Crippen LogP contribution in [0.25, 0.3) is 0 Å². The van der Waals surface area contributed by atoms with Crippen LogP contribution in [0.3, 0.4) is 0 Å². The Morgan fingerprint density at radius 3 is 2.47 bits per heavy atom. The summed E-state index contributed by atoms with van der Waals surface area (Å²) in [4.78, 5) is 21.9. The van der Waals surface area contributed by atoms with Gasteiger partial charge < -0.3 is 10.6 Å². The first kappa shape index (κ1) is 14.9. The van der Waals surface area contributed by atoms with Crippen LogP contribution in [0.1, 0.15) is 26.3 Å². The number of nitro benzene ring substituents is 1. The second kappa shape index (κ2) is 5.69. The van der Waals surface area contributed by atoms with E-state index in [1.165, 1.54) is 6.07 Å². The van der Waals surface area contributed by atoms with E-state index < -0.39 is 4.92 Å². The lowest BCUT2D eigenvalue weighted by Crippen LogP contribution is -2.43. The Kier molecular flexibility index (Phi) is 4.47. The molecule has 2 N–H and O–H groups in total. The van der Waals surface area contributed by atoms with Crippen LogP contribution in [0.2, 0.25) is 0 Å². The molecule has 0 fully saturated rings. The molecule has 104 valence electrons. The Morgan fingerprint density at radius 2 is 2.00 bits per heavy atom. The zero-order chi connectivity index (χ0) is 14.6. The Bertz CT molecular complexity index is 492. The molecule has 0 radical (unpaired) electrons. The first-order valence-electron chi connectivity index (χ1n) is 5.99. The molecule has 0 aliphatic carbocycles. The molecule has 0 aliphatic rings. The number of amides is 1. The highest BCUT2D eigenvalue weighted by Gasteiger charge is 2.14. The first-order chi connectivity index (χ1) is 8.69. The molecule has 6 nitrogen and oxygen atoms in total. The minimum Gasteiger partial charge on any atom is -0.376 e. The van der Waals surface area contributed by atoms with Gasteiger partial charge in [0, 0.05) is 22.9 Å². The van der Waals surface area contributed by atoms with Crippen molar-refractivity contribution in [3.8, 4) is 0 Å². The zero-order valence-electron chi connectivity index (χ0n) is 11.6. The van der Waals surface area contributed by atoms with Crippen molar-refractivity contribution in [2.75, 3.05) is 11.9 Å². The molecule has 0 saturated heterocycles. The van der Waals surface area contributed by atoms with Crippen molar-refractivity contribution >= 4 is 17.3 Å². The lowest BCUT2D eigenvalue weighted by molar-refractivity contribution is -0.385. The smallest absolute Gasteiger partial charge is 0.272 e. The van der Waals surface area contributed by atoms with E-state index in [1.807, 2.05) is 20.8 Å². The molecule has 0 saturated carbocycles. The monoisotopic (exact) mass is 265 g/mol. The zero-order valence-corrected chi connectivity index (χ0v) is 11.6. The van der Waals surface area contributed by atoms with Gasteiger partial charge in [-0.2, -0.15) is 0 Å². The summed E-state index contributed by atoms with van der Waals surface area (Å²) in [6.45, 7) is 7.51.